The van der Waals surface area contributed by atoms with Crippen molar-refractivity contribution in [3.05, 3.63) is 27.1 Å². The lowest BCUT2D eigenvalue weighted by Gasteiger charge is -2.38. The molecule has 106 valence electrons. The molecule has 0 unspecified atom stereocenters. The Morgan fingerprint density at radius 2 is 2.00 bits per heavy atom. The Hall–Kier alpha value is 0.0500. The summed E-state index contributed by atoms with van der Waals surface area (Å²) in [6.07, 6.45) is 0. The van der Waals surface area contributed by atoms with E-state index in [4.69, 9.17) is 0 Å². The highest BCUT2D eigenvalue weighted by Gasteiger charge is 2.34. The maximum atomic E-state index is 12.7. The van der Waals surface area contributed by atoms with E-state index in [1.807, 2.05) is 19.9 Å². The van der Waals surface area contributed by atoms with Gasteiger partial charge in [0.05, 0.1) is 4.90 Å². The van der Waals surface area contributed by atoms with Gasteiger partial charge in [0.25, 0.3) is 0 Å². The minimum absolute atomic E-state index is 0.205. The van der Waals surface area contributed by atoms with E-state index in [-0.39, 0.29) is 5.54 Å². The van der Waals surface area contributed by atoms with Gasteiger partial charge in [0, 0.05) is 34.1 Å². The summed E-state index contributed by atoms with van der Waals surface area (Å²) in [6, 6.07) is 5.18. The molecule has 0 amide bonds. The molecule has 0 radical (unpaired) electrons. The Morgan fingerprint density at radius 1 is 1.32 bits per heavy atom. The van der Waals surface area contributed by atoms with Crippen LogP contribution in [0, 0.1) is 0 Å². The number of nitrogens with zero attached hydrogens (tertiary/aromatic N) is 1. The fourth-order valence-corrected chi connectivity index (χ4v) is 5.18. The quantitative estimate of drug-likeness (QED) is 0.813. The van der Waals surface area contributed by atoms with Crippen molar-refractivity contribution in [3.63, 3.8) is 0 Å². The average Bonchev–Trinajstić information content (AvgIpc) is 2.31. The van der Waals surface area contributed by atoms with E-state index in [1.165, 1.54) is 4.31 Å². The smallest absolute Gasteiger partial charge is 0.244 e. The molecule has 0 spiro atoms. The molecule has 1 aliphatic heterocycles. The van der Waals surface area contributed by atoms with Crippen molar-refractivity contribution in [3.8, 4) is 0 Å². The van der Waals surface area contributed by atoms with Gasteiger partial charge in [-0.3, -0.25) is 0 Å². The maximum Gasteiger partial charge on any atom is 0.244 e. The van der Waals surface area contributed by atoms with Crippen LogP contribution in [-0.4, -0.2) is 37.9 Å². The number of halogens is 2. The number of benzene rings is 1. The molecule has 7 heteroatoms. The average molecular weight is 412 g/mol. The highest BCUT2D eigenvalue weighted by Crippen LogP contribution is 2.29. The fourth-order valence-electron chi connectivity index (χ4n) is 2.11. The van der Waals surface area contributed by atoms with Gasteiger partial charge in [-0.25, -0.2) is 8.42 Å². The van der Waals surface area contributed by atoms with Crippen molar-refractivity contribution in [2.45, 2.75) is 24.3 Å². The Kier molecular flexibility index (Phi) is 4.42. The molecule has 4 nitrogen and oxygen atoms in total. The molecule has 1 aromatic carbocycles. The number of hydrogen-bond donors (Lipinski definition) is 1. The monoisotopic (exact) mass is 410 g/mol. The minimum Gasteiger partial charge on any atom is -0.309 e. The minimum atomic E-state index is -3.47. The first-order chi connectivity index (χ1) is 8.72. The zero-order valence-corrected chi connectivity index (χ0v) is 14.8. The number of nitrogens with one attached hydrogen (secondary N) is 1. The second kappa shape index (κ2) is 5.44. The van der Waals surface area contributed by atoms with Gasteiger partial charge in [-0.15, -0.1) is 0 Å². The van der Waals surface area contributed by atoms with Crippen molar-refractivity contribution >= 4 is 41.9 Å². The molecule has 0 atom stereocenters. The van der Waals surface area contributed by atoms with E-state index in [9.17, 15) is 8.42 Å². The molecule has 1 N–H and O–H groups in total. The molecule has 1 heterocycles. The molecule has 1 aliphatic rings. The summed E-state index contributed by atoms with van der Waals surface area (Å²) in [7, 11) is -3.47. The number of sulfonamides is 1. The Labute approximate surface area is 130 Å². The maximum absolute atomic E-state index is 12.7. The van der Waals surface area contributed by atoms with E-state index in [0.29, 0.717) is 29.0 Å². The van der Waals surface area contributed by atoms with Crippen molar-refractivity contribution in [2.75, 3.05) is 19.6 Å². The van der Waals surface area contributed by atoms with Crippen LogP contribution in [0.4, 0.5) is 0 Å². The molecule has 0 aromatic heterocycles. The summed E-state index contributed by atoms with van der Waals surface area (Å²) >= 11 is 6.64. The summed E-state index contributed by atoms with van der Waals surface area (Å²) in [6.45, 7) is 5.63. The zero-order chi connectivity index (χ0) is 14.3. The lowest BCUT2D eigenvalue weighted by Crippen LogP contribution is -2.58. The Morgan fingerprint density at radius 3 is 2.63 bits per heavy atom. The Balaban J connectivity index is 2.39. The van der Waals surface area contributed by atoms with Crippen molar-refractivity contribution in [1.82, 2.24) is 9.62 Å². The summed E-state index contributed by atoms with van der Waals surface area (Å²) < 4.78 is 28.3. The van der Waals surface area contributed by atoms with Gasteiger partial charge in [-0.05, 0) is 48.0 Å². The number of rotatable bonds is 2. The molecular formula is C12H16Br2N2O2S. The predicted octanol–water partition coefficient (Wildman–Crippen LogP) is 2.58. The second-order valence-corrected chi connectivity index (χ2v) is 8.90. The standard InChI is InChI=1S/C12H16Br2N2O2S/c1-12(2)8-16(6-5-15-12)19(17,18)11-7-9(13)3-4-10(11)14/h3-4,7,15H,5-6,8H2,1-2H3. The summed E-state index contributed by atoms with van der Waals surface area (Å²) in [5, 5.41) is 3.31. The van der Waals surface area contributed by atoms with Crippen LogP contribution in [0.3, 0.4) is 0 Å². The summed E-state index contributed by atoms with van der Waals surface area (Å²) in [5.41, 5.74) is -0.205. The van der Waals surface area contributed by atoms with Gasteiger partial charge in [-0.1, -0.05) is 15.9 Å². The van der Waals surface area contributed by atoms with E-state index >= 15 is 0 Å². The van der Waals surface area contributed by atoms with Crippen LogP contribution >= 0.6 is 31.9 Å². The van der Waals surface area contributed by atoms with E-state index < -0.39 is 10.0 Å². The van der Waals surface area contributed by atoms with Gasteiger partial charge < -0.3 is 5.32 Å². The molecule has 0 aliphatic carbocycles. The predicted molar refractivity (Wildman–Crippen MR) is 82.7 cm³/mol. The topological polar surface area (TPSA) is 49.4 Å². The summed E-state index contributed by atoms with van der Waals surface area (Å²) in [5.74, 6) is 0. The number of hydrogen-bond acceptors (Lipinski definition) is 3. The highest BCUT2D eigenvalue weighted by molar-refractivity contribution is 9.11. The van der Waals surface area contributed by atoms with Crippen LogP contribution in [-0.2, 0) is 10.0 Å². The van der Waals surface area contributed by atoms with Gasteiger partial charge >= 0.3 is 0 Å². The van der Waals surface area contributed by atoms with Crippen LogP contribution in [0.5, 0.6) is 0 Å². The first kappa shape index (κ1) is 15.4. The first-order valence-corrected chi connectivity index (χ1v) is 8.95. The summed E-state index contributed by atoms with van der Waals surface area (Å²) in [4.78, 5) is 0.305. The normalized spacial score (nSPS) is 20.4. The molecule has 2 rings (SSSR count). The first-order valence-electron chi connectivity index (χ1n) is 5.93. The molecule has 0 saturated carbocycles. The van der Waals surface area contributed by atoms with E-state index in [1.54, 1.807) is 12.1 Å². The van der Waals surface area contributed by atoms with Crippen LogP contribution in [0.25, 0.3) is 0 Å². The van der Waals surface area contributed by atoms with E-state index in [0.717, 1.165) is 4.47 Å². The zero-order valence-electron chi connectivity index (χ0n) is 10.8. The van der Waals surface area contributed by atoms with Crippen LogP contribution in [0.15, 0.2) is 32.0 Å². The van der Waals surface area contributed by atoms with Crippen LogP contribution < -0.4 is 5.32 Å². The lowest BCUT2D eigenvalue weighted by atomic mass is 10.0. The third kappa shape index (κ3) is 3.39. The molecule has 1 saturated heterocycles. The van der Waals surface area contributed by atoms with Crippen molar-refractivity contribution in [2.24, 2.45) is 0 Å². The number of piperazine rings is 1. The molecule has 1 fully saturated rings. The third-order valence-electron chi connectivity index (χ3n) is 3.05. The molecule has 0 bridgehead atoms. The SMILES string of the molecule is CC1(C)CN(S(=O)(=O)c2cc(Br)ccc2Br)CCN1. The van der Waals surface area contributed by atoms with Crippen LogP contribution in [0.1, 0.15) is 13.8 Å². The van der Waals surface area contributed by atoms with Gasteiger partial charge in [0.2, 0.25) is 10.0 Å². The highest BCUT2D eigenvalue weighted by atomic mass is 79.9. The van der Waals surface area contributed by atoms with Gasteiger partial charge in [0.15, 0.2) is 0 Å². The lowest BCUT2D eigenvalue weighted by molar-refractivity contribution is 0.233. The van der Waals surface area contributed by atoms with Crippen molar-refractivity contribution < 1.29 is 8.42 Å². The van der Waals surface area contributed by atoms with Gasteiger partial charge in [0.1, 0.15) is 0 Å². The second-order valence-electron chi connectivity index (χ2n) is 5.22. The fraction of sp³-hybridized carbons (Fsp3) is 0.500. The molecule has 19 heavy (non-hydrogen) atoms. The molecule has 1 aromatic rings. The van der Waals surface area contributed by atoms with E-state index in [2.05, 4.69) is 37.2 Å². The third-order valence-corrected chi connectivity index (χ3v) is 6.38. The largest absolute Gasteiger partial charge is 0.309 e. The molecular weight excluding hydrogens is 396 g/mol. The van der Waals surface area contributed by atoms with Gasteiger partial charge in [-0.2, -0.15) is 4.31 Å². The van der Waals surface area contributed by atoms with Crippen LogP contribution in [0.2, 0.25) is 0 Å². The van der Waals surface area contributed by atoms with Crippen molar-refractivity contribution in [1.29, 1.82) is 0 Å². The Bertz CT molecular complexity index is 587.